The van der Waals surface area contributed by atoms with Crippen LogP contribution in [0.4, 0.5) is 0 Å². The van der Waals surface area contributed by atoms with E-state index in [1.807, 2.05) is 49.3 Å². The molecule has 0 spiro atoms. The number of carbonyl (C=O) groups excluding carboxylic acids is 2. The molecule has 6 heteroatoms. The van der Waals surface area contributed by atoms with Gasteiger partial charge in [-0.2, -0.15) is 0 Å². The van der Waals surface area contributed by atoms with E-state index in [0.717, 1.165) is 5.56 Å². The van der Waals surface area contributed by atoms with Gasteiger partial charge in [-0.05, 0) is 26.6 Å². The first-order valence-electron chi connectivity index (χ1n) is 6.88. The Morgan fingerprint density at radius 3 is 2.43 bits per heavy atom. The van der Waals surface area contributed by atoms with E-state index in [2.05, 4.69) is 5.32 Å². The fourth-order valence-corrected chi connectivity index (χ4v) is 1.89. The molecule has 0 aliphatic rings. The van der Waals surface area contributed by atoms with Crippen LogP contribution in [0.1, 0.15) is 18.5 Å². The molecule has 0 aliphatic heterocycles. The molecule has 0 aliphatic carbocycles. The van der Waals surface area contributed by atoms with E-state index in [0.29, 0.717) is 6.54 Å². The number of hydrogen-bond donors (Lipinski definition) is 2. The van der Waals surface area contributed by atoms with Crippen LogP contribution in [0.2, 0.25) is 0 Å². The van der Waals surface area contributed by atoms with E-state index in [1.54, 1.807) is 6.92 Å². The van der Waals surface area contributed by atoms with Crippen LogP contribution in [0.3, 0.4) is 0 Å². The van der Waals surface area contributed by atoms with Crippen molar-refractivity contribution in [1.82, 2.24) is 10.2 Å². The largest absolute Gasteiger partial charge is 0.464 e. The molecule has 1 amide bonds. The normalized spacial score (nSPS) is 13.6. The van der Waals surface area contributed by atoms with Gasteiger partial charge >= 0.3 is 5.97 Å². The van der Waals surface area contributed by atoms with Crippen molar-refractivity contribution >= 4 is 11.9 Å². The number of likely N-dealkylation sites (N-methyl/N-ethyl adjacent to an activating group) is 1. The van der Waals surface area contributed by atoms with Gasteiger partial charge in [0.25, 0.3) is 0 Å². The monoisotopic (exact) mass is 293 g/mol. The summed E-state index contributed by atoms with van der Waals surface area (Å²) in [5.41, 5.74) is 6.56. The summed E-state index contributed by atoms with van der Waals surface area (Å²) in [6.07, 6.45) is 0. The van der Waals surface area contributed by atoms with E-state index < -0.39 is 17.9 Å². The molecule has 0 heterocycles. The number of esters is 1. The average Bonchev–Trinajstić information content (AvgIpc) is 2.46. The first-order chi connectivity index (χ1) is 9.95. The quantitative estimate of drug-likeness (QED) is 0.558. The minimum absolute atomic E-state index is 0.194. The summed E-state index contributed by atoms with van der Waals surface area (Å²) in [5.74, 6) is -1.25. The van der Waals surface area contributed by atoms with Gasteiger partial charge in [0.15, 0.2) is 6.04 Å². The van der Waals surface area contributed by atoms with Gasteiger partial charge in [0.2, 0.25) is 5.91 Å². The van der Waals surface area contributed by atoms with Crippen LogP contribution in [0.25, 0.3) is 0 Å². The first-order valence-corrected chi connectivity index (χ1v) is 6.88. The Bertz CT molecular complexity index is 462. The maximum absolute atomic E-state index is 12.1. The minimum Gasteiger partial charge on any atom is -0.464 e. The molecule has 0 saturated carbocycles. The molecule has 6 nitrogen and oxygen atoms in total. The third-order valence-corrected chi connectivity index (χ3v) is 2.89. The van der Waals surface area contributed by atoms with Gasteiger partial charge in [0, 0.05) is 6.54 Å². The smallest absolute Gasteiger partial charge is 0.332 e. The molecule has 0 aromatic heterocycles. The van der Waals surface area contributed by atoms with Crippen LogP contribution in [-0.2, 0) is 14.3 Å². The van der Waals surface area contributed by atoms with Gasteiger partial charge in [-0.3, -0.25) is 4.79 Å². The van der Waals surface area contributed by atoms with Crippen molar-refractivity contribution in [3.63, 3.8) is 0 Å². The fraction of sp³-hybridized carbons (Fsp3) is 0.467. The zero-order valence-corrected chi connectivity index (χ0v) is 12.7. The summed E-state index contributed by atoms with van der Waals surface area (Å²) in [6, 6.07) is 7.99. The van der Waals surface area contributed by atoms with Crippen LogP contribution in [0.5, 0.6) is 0 Å². The highest BCUT2D eigenvalue weighted by Gasteiger charge is 2.26. The van der Waals surface area contributed by atoms with Crippen molar-refractivity contribution in [1.29, 1.82) is 0 Å². The second-order valence-electron chi connectivity index (χ2n) is 4.96. The molecule has 21 heavy (non-hydrogen) atoms. The number of nitrogens with one attached hydrogen (secondary N) is 1. The van der Waals surface area contributed by atoms with Gasteiger partial charge in [-0.15, -0.1) is 0 Å². The minimum atomic E-state index is -1.31. The Balaban J connectivity index is 2.77. The third-order valence-electron chi connectivity index (χ3n) is 2.89. The van der Waals surface area contributed by atoms with Gasteiger partial charge in [0.1, 0.15) is 0 Å². The SMILES string of the molecule is CCOC(=O)C(N)C(=O)NC(CN(C)C)c1ccccc1. The molecule has 0 bridgehead atoms. The molecule has 116 valence electrons. The highest BCUT2D eigenvalue weighted by atomic mass is 16.5. The van der Waals surface area contributed by atoms with E-state index in [-0.39, 0.29) is 12.6 Å². The van der Waals surface area contributed by atoms with E-state index >= 15 is 0 Å². The van der Waals surface area contributed by atoms with E-state index in [9.17, 15) is 9.59 Å². The number of amides is 1. The van der Waals surface area contributed by atoms with Crippen molar-refractivity contribution < 1.29 is 14.3 Å². The molecule has 1 rings (SSSR count). The molecule has 0 fully saturated rings. The summed E-state index contributed by atoms with van der Waals surface area (Å²) in [7, 11) is 3.82. The molecular formula is C15H23N3O3. The zero-order valence-electron chi connectivity index (χ0n) is 12.7. The molecule has 1 aromatic rings. The first kappa shape index (κ1) is 17.1. The molecule has 3 N–H and O–H groups in total. The lowest BCUT2D eigenvalue weighted by Crippen LogP contribution is -2.49. The standard InChI is InChI=1S/C15H23N3O3/c1-4-21-15(20)13(16)14(19)17-12(10-18(2)3)11-8-6-5-7-9-11/h5-9,12-13H,4,10,16H2,1-3H3,(H,17,19). The van der Waals surface area contributed by atoms with Crippen molar-refractivity contribution in [2.45, 2.75) is 19.0 Å². The van der Waals surface area contributed by atoms with Crippen LogP contribution < -0.4 is 11.1 Å². The van der Waals surface area contributed by atoms with Gasteiger partial charge < -0.3 is 20.7 Å². The number of ether oxygens (including phenoxy) is 1. The fourth-order valence-electron chi connectivity index (χ4n) is 1.89. The van der Waals surface area contributed by atoms with Gasteiger partial charge in [-0.1, -0.05) is 30.3 Å². The Kier molecular flexibility index (Phi) is 6.84. The molecular weight excluding hydrogens is 270 g/mol. The predicted molar refractivity (Wildman–Crippen MR) is 80.5 cm³/mol. The van der Waals surface area contributed by atoms with E-state index in [1.165, 1.54) is 0 Å². The summed E-state index contributed by atoms with van der Waals surface area (Å²) >= 11 is 0. The number of benzene rings is 1. The average molecular weight is 293 g/mol. The maximum Gasteiger partial charge on any atom is 0.332 e. The summed E-state index contributed by atoms with van der Waals surface area (Å²) in [4.78, 5) is 25.5. The van der Waals surface area contributed by atoms with E-state index in [4.69, 9.17) is 10.5 Å². The van der Waals surface area contributed by atoms with Crippen molar-refractivity contribution in [3.8, 4) is 0 Å². The highest BCUT2D eigenvalue weighted by molar-refractivity contribution is 6.01. The van der Waals surface area contributed by atoms with Crippen LogP contribution in [0.15, 0.2) is 30.3 Å². The summed E-state index contributed by atoms with van der Waals surface area (Å²) in [6.45, 7) is 2.46. The highest BCUT2D eigenvalue weighted by Crippen LogP contribution is 2.13. The number of hydrogen-bond acceptors (Lipinski definition) is 5. The van der Waals surface area contributed by atoms with Crippen LogP contribution in [0, 0.1) is 0 Å². The molecule has 0 radical (unpaired) electrons. The third kappa shape index (κ3) is 5.53. The molecule has 1 aromatic carbocycles. The Morgan fingerprint density at radius 2 is 1.90 bits per heavy atom. The Morgan fingerprint density at radius 1 is 1.29 bits per heavy atom. The zero-order chi connectivity index (χ0) is 15.8. The second kappa shape index (κ2) is 8.39. The lowest BCUT2D eigenvalue weighted by Gasteiger charge is -2.24. The van der Waals surface area contributed by atoms with Crippen molar-refractivity contribution in [2.75, 3.05) is 27.2 Å². The number of rotatable bonds is 7. The summed E-state index contributed by atoms with van der Waals surface area (Å²) < 4.78 is 4.76. The maximum atomic E-state index is 12.1. The van der Waals surface area contributed by atoms with Crippen molar-refractivity contribution in [3.05, 3.63) is 35.9 Å². The summed E-state index contributed by atoms with van der Waals surface area (Å²) in [5, 5.41) is 2.80. The number of nitrogens with two attached hydrogens (primary N) is 1. The van der Waals surface area contributed by atoms with Crippen molar-refractivity contribution in [2.24, 2.45) is 5.73 Å². The van der Waals surface area contributed by atoms with Gasteiger partial charge in [0.05, 0.1) is 12.6 Å². The number of nitrogens with zero attached hydrogens (tertiary/aromatic N) is 1. The van der Waals surface area contributed by atoms with Gasteiger partial charge in [-0.25, -0.2) is 4.79 Å². The molecule has 2 unspecified atom stereocenters. The lowest BCUT2D eigenvalue weighted by molar-refractivity contribution is -0.148. The topological polar surface area (TPSA) is 84.7 Å². The second-order valence-corrected chi connectivity index (χ2v) is 4.96. The molecule has 0 saturated heterocycles. The number of carbonyl (C=O) groups is 2. The Labute approximate surface area is 125 Å². The predicted octanol–water partition coefficient (Wildman–Crippen LogP) is 0.296. The lowest BCUT2D eigenvalue weighted by atomic mass is 10.1. The van der Waals surface area contributed by atoms with Crippen LogP contribution in [-0.4, -0.2) is 50.1 Å². The Hall–Kier alpha value is -1.92. The van der Waals surface area contributed by atoms with Crippen LogP contribution >= 0.6 is 0 Å². The molecule has 2 atom stereocenters.